The van der Waals surface area contributed by atoms with E-state index >= 15 is 0 Å². The Bertz CT molecular complexity index is 492. The highest BCUT2D eigenvalue weighted by Gasteiger charge is 2.55. The normalized spacial score (nSPS) is 55.8. The second-order valence-electron chi connectivity index (χ2n) is 8.77. The zero-order valence-corrected chi connectivity index (χ0v) is 13.3. The predicted molar refractivity (Wildman–Crippen MR) is 82.6 cm³/mol. The van der Waals surface area contributed by atoms with Gasteiger partial charge in [-0.3, -0.25) is 4.79 Å². The molecule has 0 bridgehead atoms. The number of aliphatic hydroxyl groups is 1. The molecule has 0 heterocycles. The van der Waals surface area contributed by atoms with Gasteiger partial charge < -0.3 is 5.11 Å². The molecule has 0 aromatic heterocycles. The number of hydrogen-bond donors (Lipinski definition) is 1. The molecule has 1 N–H and O–H groups in total. The van der Waals surface area contributed by atoms with E-state index in [1.165, 1.54) is 25.7 Å². The molecule has 0 spiro atoms. The van der Waals surface area contributed by atoms with Gasteiger partial charge >= 0.3 is 0 Å². The highest BCUT2D eigenvalue weighted by atomic mass is 16.3. The summed E-state index contributed by atoms with van der Waals surface area (Å²) in [5, 5.41) is 10.4. The van der Waals surface area contributed by atoms with E-state index in [0.717, 1.165) is 42.9 Å². The van der Waals surface area contributed by atoms with Crippen LogP contribution in [0.1, 0.15) is 58.8 Å². The standard InChI is InChI=1S/C19H28O2/c1-18(21)9-7-13-12(11-18)3-4-15-14(13)8-10-19(2)16(15)5-6-17(19)20/h5-6,12-16,21H,3-4,7-11H2,1-2H3/t12?,13?,14-,15?,16+,18-,19?/m1/s1. The van der Waals surface area contributed by atoms with Crippen molar-refractivity contribution >= 4 is 5.78 Å². The van der Waals surface area contributed by atoms with Crippen LogP contribution in [0.3, 0.4) is 0 Å². The van der Waals surface area contributed by atoms with Gasteiger partial charge in [-0.1, -0.05) is 13.0 Å². The predicted octanol–water partition coefficient (Wildman–Crippen LogP) is 3.74. The average molecular weight is 288 g/mol. The number of rotatable bonds is 0. The minimum atomic E-state index is -0.430. The van der Waals surface area contributed by atoms with Crippen LogP contribution in [-0.4, -0.2) is 16.5 Å². The van der Waals surface area contributed by atoms with Crippen LogP contribution in [0, 0.1) is 35.0 Å². The Morgan fingerprint density at radius 3 is 2.62 bits per heavy atom. The van der Waals surface area contributed by atoms with Crippen molar-refractivity contribution in [3.63, 3.8) is 0 Å². The summed E-state index contributed by atoms with van der Waals surface area (Å²) >= 11 is 0. The topological polar surface area (TPSA) is 37.3 Å². The van der Waals surface area contributed by atoms with E-state index in [1.807, 2.05) is 13.0 Å². The molecule has 0 aromatic carbocycles. The van der Waals surface area contributed by atoms with Gasteiger partial charge in [0.05, 0.1) is 5.60 Å². The number of hydrogen-bond acceptors (Lipinski definition) is 2. The van der Waals surface area contributed by atoms with Gasteiger partial charge in [0.15, 0.2) is 5.78 Å². The second kappa shape index (κ2) is 4.44. The summed E-state index contributed by atoms with van der Waals surface area (Å²) in [5.74, 6) is 3.91. The molecule has 4 rings (SSSR count). The zero-order valence-electron chi connectivity index (χ0n) is 13.3. The van der Waals surface area contributed by atoms with Crippen LogP contribution in [0.4, 0.5) is 0 Å². The Morgan fingerprint density at radius 1 is 1.05 bits per heavy atom. The van der Waals surface area contributed by atoms with E-state index in [2.05, 4.69) is 13.0 Å². The Labute approximate surface area is 128 Å². The van der Waals surface area contributed by atoms with Crippen LogP contribution in [0.15, 0.2) is 12.2 Å². The van der Waals surface area contributed by atoms with Crippen molar-refractivity contribution in [3.05, 3.63) is 12.2 Å². The first-order valence-corrected chi connectivity index (χ1v) is 8.86. The first-order chi connectivity index (χ1) is 9.91. The molecule has 7 atom stereocenters. The first-order valence-electron chi connectivity index (χ1n) is 8.86. The van der Waals surface area contributed by atoms with Crippen molar-refractivity contribution in [1.82, 2.24) is 0 Å². The molecule has 0 radical (unpaired) electrons. The summed E-state index contributed by atoms with van der Waals surface area (Å²) in [6.07, 6.45) is 12.1. The SMILES string of the molecule is CC12CC[C@@H]3C4CC[C@@](C)(O)CC4CCC3[C@@H]1C=CC2=O. The van der Waals surface area contributed by atoms with Gasteiger partial charge in [-0.25, -0.2) is 0 Å². The minimum Gasteiger partial charge on any atom is -0.390 e. The lowest BCUT2D eigenvalue weighted by Gasteiger charge is -2.55. The van der Waals surface area contributed by atoms with Crippen LogP contribution < -0.4 is 0 Å². The molecule has 2 heteroatoms. The van der Waals surface area contributed by atoms with E-state index in [4.69, 9.17) is 0 Å². The second-order valence-corrected chi connectivity index (χ2v) is 8.77. The number of fused-ring (bicyclic) bond motifs is 5. The number of carbonyl (C=O) groups excluding carboxylic acids is 1. The van der Waals surface area contributed by atoms with E-state index < -0.39 is 5.60 Å². The highest BCUT2D eigenvalue weighted by Crippen LogP contribution is 2.60. The molecule has 3 saturated carbocycles. The molecule has 21 heavy (non-hydrogen) atoms. The van der Waals surface area contributed by atoms with Crippen LogP contribution in [0.2, 0.25) is 0 Å². The van der Waals surface area contributed by atoms with E-state index in [1.54, 1.807) is 0 Å². The molecule has 0 aliphatic heterocycles. The van der Waals surface area contributed by atoms with Gasteiger partial charge in [0.2, 0.25) is 0 Å². The number of carbonyl (C=O) groups is 1. The van der Waals surface area contributed by atoms with E-state index in [9.17, 15) is 9.90 Å². The fraction of sp³-hybridized carbons (Fsp3) is 0.842. The molecule has 4 unspecified atom stereocenters. The lowest BCUT2D eigenvalue weighted by molar-refractivity contribution is -0.132. The smallest absolute Gasteiger partial charge is 0.161 e. The van der Waals surface area contributed by atoms with E-state index in [0.29, 0.717) is 11.7 Å². The van der Waals surface area contributed by atoms with Gasteiger partial charge in [0.25, 0.3) is 0 Å². The van der Waals surface area contributed by atoms with Gasteiger partial charge in [-0.15, -0.1) is 0 Å². The highest BCUT2D eigenvalue weighted by molar-refractivity contribution is 5.97. The minimum absolute atomic E-state index is 0.0891. The fourth-order valence-electron chi connectivity index (χ4n) is 6.35. The van der Waals surface area contributed by atoms with Gasteiger partial charge in [0.1, 0.15) is 0 Å². The maximum absolute atomic E-state index is 12.3. The summed E-state index contributed by atoms with van der Waals surface area (Å²) in [7, 11) is 0. The fourth-order valence-corrected chi connectivity index (χ4v) is 6.35. The van der Waals surface area contributed by atoms with Gasteiger partial charge in [-0.05, 0) is 87.5 Å². The van der Waals surface area contributed by atoms with Crippen LogP contribution >= 0.6 is 0 Å². The Kier molecular flexibility index (Phi) is 2.96. The zero-order chi connectivity index (χ0) is 14.8. The van der Waals surface area contributed by atoms with Crippen molar-refractivity contribution in [3.8, 4) is 0 Å². The van der Waals surface area contributed by atoms with Crippen molar-refractivity contribution in [2.75, 3.05) is 0 Å². The summed E-state index contributed by atoms with van der Waals surface area (Å²) in [5.41, 5.74) is -0.519. The maximum Gasteiger partial charge on any atom is 0.161 e. The summed E-state index contributed by atoms with van der Waals surface area (Å²) in [4.78, 5) is 12.3. The first kappa shape index (κ1) is 14.0. The molecule has 0 aromatic rings. The summed E-state index contributed by atoms with van der Waals surface area (Å²) < 4.78 is 0. The van der Waals surface area contributed by atoms with Crippen LogP contribution in [0.5, 0.6) is 0 Å². The molecular formula is C19H28O2. The van der Waals surface area contributed by atoms with Crippen molar-refractivity contribution in [2.24, 2.45) is 35.0 Å². The lowest BCUT2D eigenvalue weighted by Crippen LogP contribution is -2.50. The largest absolute Gasteiger partial charge is 0.390 e. The van der Waals surface area contributed by atoms with Gasteiger partial charge in [-0.2, -0.15) is 0 Å². The third-order valence-electron chi connectivity index (χ3n) is 7.51. The third-order valence-corrected chi connectivity index (χ3v) is 7.51. The average Bonchev–Trinajstić information content (AvgIpc) is 2.73. The summed E-state index contributed by atoms with van der Waals surface area (Å²) in [6.45, 7) is 4.22. The molecule has 0 saturated heterocycles. The molecule has 116 valence electrons. The molecule has 4 aliphatic carbocycles. The van der Waals surface area contributed by atoms with Crippen molar-refractivity contribution in [1.29, 1.82) is 0 Å². The van der Waals surface area contributed by atoms with Crippen molar-refractivity contribution in [2.45, 2.75) is 64.4 Å². The molecule has 0 amide bonds. The number of allylic oxidation sites excluding steroid dienone is 2. The van der Waals surface area contributed by atoms with Gasteiger partial charge in [0, 0.05) is 5.41 Å². The molecule has 4 aliphatic rings. The summed E-state index contributed by atoms with van der Waals surface area (Å²) in [6, 6.07) is 0. The molecule has 2 nitrogen and oxygen atoms in total. The van der Waals surface area contributed by atoms with E-state index in [-0.39, 0.29) is 5.41 Å². The maximum atomic E-state index is 12.3. The Balaban J connectivity index is 1.58. The van der Waals surface area contributed by atoms with Crippen LogP contribution in [-0.2, 0) is 4.79 Å². The molecular weight excluding hydrogens is 260 g/mol. The third kappa shape index (κ3) is 1.98. The number of ketones is 1. The lowest BCUT2D eigenvalue weighted by atomic mass is 9.50. The van der Waals surface area contributed by atoms with Crippen molar-refractivity contribution < 1.29 is 9.90 Å². The molecule has 3 fully saturated rings. The Morgan fingerprint density at radius 2 is 1.81 bits per heavy atom. The monoisotopic (exact) mass is 288 g/mol. The quantitative estimate of drug-likeness (QED) is 0.737. The Hall–Kier alpha value is -0.630. The van der Waals surface area contributed by atoms with Crippen LogP contribution in [0.25, 0.3) is 0 Å².